The number of aryl methyl sites for hydroxylation is 1. The van der Waals surface area contributed by atoms with Gasteiger partial charge in [-0.2, -0.15) is 0 Å². The van der Waals surface area contributed by atoms with Gasteiger partial charge in [0.25, 0.3) is 17.4 Å². The summed E-state index contributed by atoms with van der Waals surface area (Å²) in [5.41, 5.74) is 5.83. The van der Waals surface area contributed by atoms with Crippen LogP contribution in [-0.4, -0.2) is 94.8 Å². The maximum atomic E-state index is 14.0. The first-order valence-corrected chi connectivity index (χ1v) is 17.4. The summed E-state index contributed by atoms with van der Waals surface area (Å²) in [5, 5.41) is 5.95. The molecule has 4 aromatic heterocycles. The molecule has 0 atom stereocenters. The van der Waals surface area contributed by atoms with Crippen molar-refractivity contribution in [2.45, 2.75) is 39.3 Å². The van der Waals surface area contributed by atoms with Crippen LogP contribution >= 0.6 is 0 Å². The molecule has 2 saturated heterocycles. The molecule has 50 heavy (non-hydrogen) atoms. The molecule has 8 rings (SSSR count). The Morgan fingerprint density at radius 2 is 1.78 bits per heavy atom. The molecule has 3 aliphatic heterocycles. The van der Waals surface area contributed by atoms with Crippen molar-refractivity contribution in [1.29, 1.82) is 0 Å². The number of carbonyl (C=O) groups excluding carboxylic acids is 2. The van der Waals surface area contributed by atoms with Crippen molar-refractivity contribution in [3.63, 3.8) is 0 Å². The summed E-state index contributed by atoms with van der Waals surface area (Å²) in [6, 6.07) is 9.92. The number of hydrogen-bond acceptors (Lipinski definition) is 9. The highest BCUT2D eigenvalue weighted by molar-refractivity contribution is 6.12. The maximum absolute atomic E-state index is 14.0. The number of fused-ring (bicyclic) bond motifs is 3. The van der Waals surface area contributed by atoms with Crippen molar-refractivity contribution >= 4 is 34.8 Å². The van der Waals surface area contributed by atoms with E-state index in [9.17, 15) is 14.4 Å². The van der Waals surface area contributed by atoms with Gasteiger partial charge in [-0.25, -0.2) is 9.97 Å². The number of piperazine rings is 1. The van der Waals surface area contributed by atoms with Crippen LogP contribution in [0.4, 0.5) is 23.0 Å². The third kappa shape index (κ3) is 5.63. The quantitative estimate of drug-likeness (QED) is 0.303. The van der Waals surface area contributed by atoms with E-state index in [1.54, 1.807) is 43.5 Å². The Kier molecular flexibility index (Phi) is 7.98. The van der Waals surface area contributed by atoms with Crippen LogP contribution in [0.15, 0.2) is 53.7 Å². The monoisotopic (exact) mass is 677 g/mol. The number of rotatable bonds is 7. The molecule has 0 saturated carbocycles. The van der Waals surface area contributed by atoms with Crippen molar-refractivity contribution in [2.24, 2.45) is 12.5 Å². The minimum atomic E-state index is -0.372. The molecule has 2 fully saturated rings. The number of nitrogens with zero attached hydrogens (tertiary/aromatic N) is 7. The second kappa shape index (κ2) is 12.4. The maximum Gasteiger partial charge on any atom is 0.276 e. The highest BCUT2D eigenvalue weighted by Crippen LogP contribution is 2.40. The van der Waals surface area contributed by atoms with Gasteiger partial charge < -0.3 is 29.4 Å². The fourth-order valence-electron chi connectivity index (χ4n) is 7.87. The van der Waals surface area contributed by atoms with E-state index in [0.29, 0.717) is 53.3 Å². The van der Waals surface area contributed by atoms with Crippen LogP contribution in [0.25, 0.3) is 11.1 Å². The second-order valence-electron chi connectivity index (χ2n) is 14.6. The summed E-state index contributed by atoms with van der Waals surface area (Å²) in [6.45, 7) is 11.0. The molecule has 4 aliphatic rings. The molecule has 0 bridgehead atoms. The van der Waals surface area contributed by atoms with Gasteiger partial charge in [0, 0.05) is 82.6 Å². The Bertz CT molecular complexity index is 2040. The van der Waals surface area contributed by atoms with E-state index in [0.717, 1.165) is 57.9 Å². The summed E-state index contributed by atoms with van der Waals surface area (Å²) in [5.74, 6) is 0.281. The zero-order valence-electron chi connectivity index (χ0n) is 29.0. The normalized spacial score (nSPS) is 18.8. The average molecular weight is 678 g/mol. The molecule has 0 radical (unpaired) electrons. The predicted molar refractivity (Wildman–Crippen MR) is 192 cm³/mol. The molecule has 4 aromatic rings. The molecule has 0 spiro atoms. The van der Waals surface area contributed by atoms with E-state index in [4.69, 9.17) is 4.74 Å². The number of anilines is 4. The molecule has 1 aliphatic carbocycles. The van der Waals surface area contributed by atoms with Crippen LogP contribution in [0.1, 0.15) is 46.0 Å². The summed E-state index contributed by atoms with van der Waals surface area (Å²) >= 11 is 0. The standard InChI is InChI=1S/C37H43N9O4/c1-37(2)17-23-16-29-36(49)46(14-13-45(29)30(23)18-37)33-32(34(47)38-3)27(7-8-39-33)24-15-28(35(48)42(4)20-24)41-31-6-5-25(19-40-31)43-9-11-44(12-10-43)26-21-50-22-26/h5-8,15-16,19-20,26H,9-14,17-18,21-22H2,1-4H3,(H,38,47)(H,40,41). The van der Waals surface area contributed by atoms with Crippen LogP contribution in [0.3, 0.4) is 0 Å². The lowest BCUT2D eigenvalue weighted by atomic mass is 9.90. The SMILES string of the molecule is CNC(=O)c1c(-c2cc(Nc3ccc(N4CCN(C5COC5)CC4)cn3)c(=O)n(C)c2)ccnc1N1CCn2c(cc3c2CC(C)(C)C3)C1=O. The van der Waals surface area contributed by atoms with E-state index < -0.39 is 0 Å². The third-order valence-corrected chi connectivity index (χ3v) is 10.6. The highest BCUT2D eigenvalue weighted by atomic mass is 16.5. The lowest BCUT2D eigenvalue weighted by Crippen LogP contribution is -2.56. The molecule has 13 nitrogen and oxygen atoms in total. The van der Waals surface area contributed by atoms with Gasteiger partial charge in [-0.3, -0.25) is 24.2 Å². The molecular weight excluding hydrogens is 634 g/mol. The Hall–Kier alpha value is -5.01. The zero-order chi connectivity index (χ0) is 34.7. The molecule has 2 amide bonds. The molecule has 2 N–H and O–H groups in total. The Morgan fingerprint density at radius 3 is 2.48 bits per heavy atom. The first-order chi connectivity index (χ1) is 24.1. The smallest absolute Gasteiger partial charge is 0.276 e. The molecule has 0 aromatic carbocycles. The fourth-order valence-corrected chi connectivity index (χ4v) is 7.87. The first kappa shape index (κ1) is 32.2. The van der Waals surface area contributed by atoms with Gasteiger partial charge in [-0.15, -0.1) is 0 Å². The molecule has 260 valence electrons. The third-order valence-electron chi connectivity index (χ3n) is 10.6. The first-order valence-electron chi connectivity index (χ1n) is 17.4. The van der Waals surface area contributed by atoms with Gasteiger partial charge in [0.1, 0.15) is 23.0 Å². The lowest BCUT2D eigenvalue weighted by molar-refractivity contribution is -0.0660. The Balaban J connectivity index is 1.06. The molecule has 13 heteroatoms. The van der Waals surface area contributed by atoms with Gasteiger partial charge in [0.15, 0.2) is 0 Å². The zero-order valence-corrected chi connectivity index (χ0v) is 29.0. The average Bonchev–Trinajstić information content (AvgIpc) is 3.58. The van der Waals surface area contributed by atoms with Crippen molar-refractivity contribution in [3.05, 3.63) is 81.8 Å². The number of ether oxygens (including phenoxy) is 1. The van der Waals surface area contributed by atoms with Gasteiger partial charge in [0.2, 0.25) is 0 Å². The Labute approximate surface area is 290 Å². The van der Waals surface area contributed by atoms with Gasteiger partial charge >= 0.3 is 0 Å². The molecule has 0 unspecified atom stereocenters. The van der Waals surface area contributed by atoms with Crippen LogP contribution in [0.2, 0.25) is 0 Å². The van der Waals surface area contributed by atoms with Gasteiger partial charge in [-0.1, -0.05) is 13.8 Å². The number of aromatic nitrogens is 4. The lowest BCUT2D eigenvalue weighted by Gasteiger charge is -2.43. The summed E-state index contributed by atoms with van der Waals surface area (Å²) in [7, 11) is 3.23. The highest BCUT2D eigenvalue weighted by Gasteiger charge is 2.38. The predicted octanol–water partition coefficient (Wildman–Crippen LogP) is 3.05. The van der Waals surface area contributed by atoms with Crippen molar-refractivity contribution in [2.75, 3.05) is 68.1 Å². The summed E-state index contributed by atoms with van der Waals surface area (Å²) < 4.78 is 8.98. The molecular formula is C37H43N9O4. The number of hydrogen-bond donors (Lipinski definition) is 2. The minimum Gasteiger partial charge on any atom is -0.378 e. The Morgan fingerprint density at radius 1 is 0.980 bits per heavy atom. The van der Waals surface area contributed by atoms with Crippen LogP contribution in [0, 0.1) is 5.41 Å². The largest absolute Gasteiger partial charge is 0.378 e. The van der Waals surface area contributed by atoms with Crippen LogP contribution < -0.4 is 26.0 Å². The van der Waals surface area contributed by atoms with Crippen molar-refractivity contribution in [3.8, 4) is 11.1 Å². The van der Waals surface area contributed by atoms with E-state index >= 15 is 0 Å². The number of pyridine rings is 3. The number of amides is 2. The fraction of sp³-hybridized carbons (Fsp3) is 0.432. The minimum absolute atomic E-state index is 0.176. The van der Waals surface area contributed by atoms with E-state index in [2.05, 4.69) is 48.8 Å². The number of nitrogens with one attached hydrogen (secondary N) is 2. The summed E-state index contributed by atoms with van der Waals surface area (Å²) in [6.07, 6.45) is 7.01. The van der Waals surface area contributed by atoms with Crippen LogP contribution in [0.5, 0.6) is 0 Å². The molecule has 7 heterocycles. The summed E-state index contributed by atoms with van der Waals surface area (Å²) in [4.78, 5) is 56.6. The van der Waals surface area contributed by atoms with E-state index in [-0.39, 0.29) is 28.4 Å². The topological polar surface area (TPSA) is 130 Å². The van der Waals surface area contributed by atoms with Gasteiger partial charge in [0.05, 0.1) is 36.7 Å². The second-order valence-corrected chi connectivity index (χ2v) is 14.6. The van der Waals surface area contributed by atoms with Crippen LogP contribution in [-0.2, 0) is 31.2 Å². The van der Waals surface area contributed by atoms with E-state index in [1.807, 2.05) is 24.4 Å². The van der Waals surface area contributed by atoms with Crippen molar-refractivity contribution < 1.29 is 14.3 Å². The van der Waals surface area contributed by atoms with Crippen molar-refractivity contribution in [1.82, 2.24) is 29.3 Å². The number of carbonyl (C=O) groups is 2. The van der Waals surface area contributed by atoms with E-state index in [1.165, 1.54) is 15.8 Å². The van der Waals surface area contributed by atoms with Gasteiger partial charge in [-0.05, 0) is 54.2 Å².